The maximum absolute atomic E-state index is 13.6. The third kappa shape index (κ3) is 5.55. The van der Waals surface area contributed by atoms with Crippen molar-refractivity contribution >= 4 is 46.7 Å². The third-order valence-corrected chi connectivity index (χ3v) is 6.38. The van der Waals surface area contributed by atoms with Crippen LogP contribution in [0.2, 0.25) is 5.02 Å². The number of imide groups is 1. The van der Waals surface area contributed by atoms with Crippen LogP contribution in [0.1, 0.15) is 32.7 Å². The van der Waals surface area contributed by atoms with Crippen LogP contribution in [0.3, 0.4) is 0 Å². The second-order valence-corrected chi connectivity index (χ2v) is 8.95. The Morgan fingerprint density at radius 1 is 1.05 bits per heavy atom. The summed E-state index contributed by atoms with van der Waals surface area (Å²) in [6, 6.07) is 16.8. The number of esters is 1. The van der Waals surface area contributed by atoms with Gasteiger partial charge in [0, 0.05) is 29.3 Å². The maximum Gasteiger partial charge on any atom is 0.337 e. The fraction of sp³-hybridized carbons (Fsp3) is 0.185. The first kappa shape index (κ1) is 26.5. The highest BCUT2D eigenvalue weighted by Gasteiger charge is 2.44. The SMILES string of the molecule is COC(=O)c1ccc(N2C(=O)CC(N(CCc3cccc(Cl)c3)C(=O)c3cccc([N+](=O)[O-])c3)C2=O)cc1. The highest BCUT2D eigenvalue weighted by Crippen LogP contribution is 2.28. The average molecular weight is 536 g/mol. The zero-order valence-corrected chi connectivity index (χ0v) is 21.0. The minimum atomic E-state index is -1.13. The van der Waals surface area contributed by atoms with Crippen molar-refractivity contribution in [1.82, 2.24) is 4.90 Å². The number of benzene rings is 3. The van der Waals surface area contributed by atoms with Gasteiger partial charge in [-0.2, -0.15) is 0 Å². The first-order valence-corrected chi connectivity index (χ1v) is 11.9. The van der Waals surface area contributed by atoms with Gasteiger partial charge >= 0.3 is 5.97 Å². The molecule has 0 aromatic heterocycles. The summed E-state index contributed by atoms with van der Waals surface area (Å²) in [6.07, 6.45) is 0.0564. The van der Waals surface area contributed by atoms with Crippen LogP contribution in [-0.2, 0) is 20.7 Å². The van der Waals surface area contributed by atoms with Crippen molar-refractivity contribution in [1.29, 1.82) is 0 Å². The molecule has 0 bridgehead atoms. The van der Waals surface area contributed by atoms with Gasteiger partial charge in [0.15, 0.2) is 0 Å². The number of ether oxygens (including phenoxy) is 1. The minimum Gasteiger partial charge on any atom is -0.465 e. The lowest BCUT2D eigenvalue weighted by atomic mass is 10.1. The van der Waals surface area contributed by atoms with Crippen LogP contribution in [-0.4, -0.2) is 53.2 Å². The maximum atomic E-state index is 13.6. The second-order valence-electron chi connectivity index (χ2n) is 8.51. The van der Waals surface area contributed by atoms with Gasteiger partial charge in [-0.15, -0.1) is 0 Å². The summed E-state index contributed by atoms with van der Waals surface area (Å²) in [4.78, 5) is 64.7. The Bertz CT molecular complexity index is 1420. The number of halogens is 1. The normalized spacial score (nSPS) is 14.9. The number of nitro groups is 1. The van der Waals surface area contributed by atoms with Gasteiger partial charge in [0.05, 0.1) is 29.7 Å². The molecule has 0 spiro atoms. The largest absolute Gasteiger partial charge is 0.465 e. The Morgan fingerprint density at radius 3 is 2.42 bits per heavy atom. The van der Waals surface area contributed by atoms with Gasteiger partial charge in [0.1, 0.15) is 6.04 Å². The second kappa shape index (κ2) is 11.2. The summed E-state index contributed by atoms with van der Waals surface area (Å²) >= 11 is 6.08. The van der Waals surface area contributed by atoms with Crippen LogP contribution in [0.4, 0.5) is 11.4 Å². The van der Waals surface area contributed by atoms with Crippen LogP contribution in [0, 0.1) is 10.1 Å². The molecule has 0 N–H and O–H groups in total. The van der Waals surface area contributed by atoms with E-state index in [-0.39, 0.29) is 35.5 Å². The van der Waals surface area contributed by atoms with Crippen molar-refractivity contribution in [3.63, 3.8) is 0 Å². The number of rotatable bonds is 8. The molecule has 3 aromatic rings. The summed E-state index contributed by atoms with van der Waals surface area (Å²) in [5.74, 6) is -2.33. The van der Waals surface area contributed by atoms with E-state index in [0.29, 0.717) is 11.4 Å². The minimum absolute atomic E-state index is 0.0198. The van der Waals surface area contributed by atoms with Crippen LogP contribution in [0.15, 0.2) is 72.8 Å². The summed E-state index contributed by atoms with van der Waals surface area (Å²) in [7, 11) is 1.24. The van der Waals surface area contributed by atoms with Crippen LogP contribution >= 0.6 is 11.6 Å². The Hall–Kier alpha value is -4.57. The Kier molecular flexibility index (Phi) is 7.82. The lowest BCUT2D eigenvalue weighted by Crippen LogP contribution is -2.46. The quantitative estimate of drug-likeness (QED) is 0.184. The molecule has 1 unspecified atom stereocenters. The molecule has 11 heteroatoms. The van der Waals surface area contributed by atoms with Crippen molar-refractivity contribution in [2.45, 2.75) is 18.9 Å². The molecule has 38 heavy (non-hydrogen) atoms. The predicted molar refractivity (Wildman–Crippen MR) is 138 cm³/mol. The Morgan fingerprint density at radius 2 is 1.76 bits per heavy atom. The van der Waals surface area contributed by atoms with Gasteiger partial charge in [0.25, 0.3) is 17.5 Å². The van der Waals surface area contributed by atoms with Crippen molar-refractivity contribution < 1.29 is 28.8 Å². The number of carbonyl (C=O) groups excluding carboxylic acids is 4. The van der Waals surface area contributed by atoms with Gasteiger partial charge in [0.2, 0.25) is 5.91 Å². The highest BCUT2D eigenvalue weighted by molar-refractivity contribution is 6.30. The Balaban J connectivity index is 1.65. The molecule has 3 amide bonds. The lowest BCUT2D eigenvalue weighted by Gasteiger charge is -2.28. The third-order valence-electron chi connectivity index (χ3n) is 6.14. The molecule has 1 fully saturated rings. The van der Waals surface area contributed by atoms with Crippen molar-refractivity contribution in [2.75, 3.05) is 18.6 Å². The monoisotopic (exact) mass is 535 g/mol. The summed E-state index contributed by atoms with van der Waals surface area (Å²) in [5.41, 5.74) is 1.04. The molecule has 1 heterocycles. The van der Waals surface area contributed by atoms with Crippen LogP contribution < -0.4 is 4.90 Å². The smallest absolute Gasteiger partial charge is 0.337 e. The van der Waals surface area contributed by atoms with Gasteiger partial charge < -0.3 is 9.64 Å². The van der Waals surface area contributed by atoms with Crippen molar-refractivity contribution in [2.24, 2.45) is 0 Å². The zero-order chi connectivity index (χ0) is 27.4. The molecule has 10 nitrogen and oxygen atoms in total. The van der Waals surface area contributed by atoms with E-state index in [4.69, 9.17) is 11.6 Å². The number of amides is 3. The molecule has 194 valence electrons. The molecular weight excluding hydrogens is 514 g/mol. The van der Waals surface area contributed by atoms with Crippen molar-refractivity contribution in [3.8, 4) is 0 Å². The number of anilines is 1. The van der Waals surface area contributed by atoms with Gasteiger partial charge in [-0.05, 0) is 54.4 Å². The molecule has 0 radical (unpaired) electrons. The number of non-ortho nitro benzene ring substituents is 1. The number of nitrogens with zero attached hydrogens (tertiary/aromatic N) is 3. The van der Waals surface area contributed by atoms with Gasteiger partial charge in [-0.1, -0.05) is 29.8 Å². The summed E-state index contributed by atoms with van der Waals surface area (Å²) < 4.78 is 4.67. The van der Waals surface area contributed by atoms with Gasteiger partial charge in [-0.3, -0.25) is 24.5 Å². The molecule has 1 atom stereocenters. The fourth-order valence-electron chi connectivity index (χ4n) is 4.25. The number of hydrogen-bond acceptors (Lipinski definition) is 7. The molecular formula is C27H22ClN3O7. The Labute approximate surface area is 222 Å². The molecule has 1 saturated heterocycles. The van der Waals surface area contributed by atoms with Gasteiger partial charge in [-0.25, -0.2) is 9.69 Å². The van der Waals surface area contributed by atoms with Crippen LogP contribution in [0.5, 0.6) is 0 Å². The predicted octanol–water partition coefficient (Wildman–Crippen LogP) is 4.05. The molecule has 0 aliphatic carbocycles. The van der Waals surface area contributed by atoms with Crippen molar-refractivity contribution in [3.05, 3.63) is 105 Å². The molecule has 0 saturated carbocycles. The molecule has 1 aliphatic rings. The van der Waals surface area contributed by atoms with E-state index in [2.05, 4.69) is 4.74 Å². The van der Waals surface area contributed by atoms with E-state index in [1.54, 1.807) is 18.2 Å². The summed E-state index contributed by atoms with van der Waals surface area (Å²) in [6.45, 7) is 0.0562. The van der Waals surface area contributed by atoms with E-state index in [1.165, 1.54) is 54.5 Å². The molecule has 1 aliphatic heterocycles. The number of methoxy groups -OCH3 is 1. The zero-order valence-electron chi connectivity index (χ0n) is 20.2. The number of carbonyl (C=O) groups is 4. The molecule has 3 aromatic carbocycles. The summed E-state index contributed by atoms with van der Waals surface area (Å²) in [5, 5.41) is 11.8. The van der Waals surface area contributed by atoms with E-state index in [0.717, 1.165) is 16.5 Å². The van der Waals surface area contributed by atoms with Crippen LogP contribution in [0.25, 0.3) is 0 Å². The van der Waals surface area contributed by atoms with E-state index < -0.39 is 34.7 Å². The standard InChI is InChI=1S/C27H22ClN3O7/c1-38-27(35)18-8-10-21(11-9-18)30-24(32)16-23(26(30)34)29(13-12-17-4-2-6-20(28)14-17)25(33)19-5-3-7-22(15-19)31(36)37/h2-11,14-15,23H,12-13,16H2,1H3. The topological polar surface area (TPSA) is 127 Å². The highest BCUT2D eigenvalue weighted by atomic mass is 35.5. The van der Waals surface area contributed by atoms with E-state index in [9.17, 15) is 29.3 Å². The number of nitro benzene ring substituents is 1. The average Bonchev–Trinajstić information content (AvgIpc) is 3.21. The van der Waals surface area contributed by atoms with E-state index >= 15 is 0 Å². The van der Waals surface area contributed by atoms with E-state index in [1.807, 2.05) is 6.07 Å². The molecule has 4 rings (SSSR count). The first-order valence-electron chi connectivity index (χ1n) is 11.5. The first-order chi connectivity index (χ1) is 18.2. The fourth-order valence-corrected chi connectivity index (χ4v) is 4.47. The number of hydrogen-bond donors (Lipinski definition) is 0. The lowest BCUT2D eigenvalue weighted by molar-refractivity contribution is -0.384.